The van der Waals surface area contributed by atoms with Gasteiger partial charge in [-0.2, -0.15) is 0 Å². The third kappa shape index (κ3) is 3.21. The summed E-state index contributed by atoms with van der Waals surface area (Å²) in [6.07, 6.45) is 4.70. The van der Waals surface area contributed by atoms with Crippen molar-refractivity contribution >= 4 is 39.3 Å². The summed E-state index contributed by atoms with van der Waals surface area (Å²) in [5, 5.41) is 0.943. The van der Waals surface area contributed by atoms with Crippen molar-refractivity contribution in [1.82, 2.24) is 14.4 Å². The fraction of sp³-hybridized carbons (Fsp3) is 0.269. The molecule has 156 valence electrons. The number of H-pyrrole nitrogens is 1. The molecule has 1 aromatic carbocycles. The second-order valence-electron chi connectivity index (χ2n) is 9.57. The summed E-state index contributed by atoms with van der Waals surface area (Å²) in [4.78, 5) is 34.0. The maximum atomic E-state index is 13.1. The maximum Gasteiger partial charge on any atom is 0.173 e. The molecule has 1 N–H and O–H groups in total. The molecule has 0 saturated heterocycles. The van der Waals surface area contributed by atoms with Crippen molar-refractivity contribution in [2.24, 2.45) is 5.41 Å². The molecule has 5 rings (SSSR count). The second-order valence-corrected chi connectivity index (χ2v) is 9.57. The number of nitrogens with one attached hydrogen (secondary N) is 1. The SMILES string of the molecule is Cc1nc2ccc(CC(C)(C)C)cn2c1C1=C(c2c[nH]c3ccccc23)C(=O)CC1=O. The van der Waals surface area contributed by atoms with Crippen molar-refractivity contribution in [3.8, 4) is 0 Å². The van der Waals surface area contributed by atoms with E-state index in [0.717, 1.165) is 39.9 Å². The summed E-state index contributed by atoms with van der Waals surface area (Å²) >= 11 is 0. The lowest BCUT2D eigenvalue weighted by molar-refractivity contribution is -0.119. The number of carbonyl (C=O) groups is 2. The number of aromatic nitrogens is 3. The van der Waals surface area contributed by atoms with Gasteiger partial charge in [-0.15, -0.1) is 0 Å². The van der Waals surface area contributed by atoms with Gasteiger partial charge in [0.2, 0.25) is 0 Å². The van der Waals surface area contributed by atoms with Gasteiger partial charge >= 0.3 is 0 Å². The Morgan fingerprint density at radius 3 is 2.55 bits per heavy atom. The molecule has 3 aromatic heterocycles. The highest BCUT2D eigenvalue weighted by Gasteiger charge is 2.36. The number of hydrogen-bond donors (Lipinski definition) is 1. The molecule has 1 aliphatic carbocycles. The number of carbonyl (C=O) groups excluding carboxylic acids is 2. The first-order chi connectivity index (χ1) is 14.7. The summed E-state index contributed by atoms with van der Waals surface area (Å²) < 4.78 is 1.98. The normalized spacial score (nSPS) is 15.1. The molecule has 5 heteroatoms. The van der Waals surface area contributed by atoms with E-state index < -0.39 is 0 Å². The van der Waals surface area contributed by atoms with Crippen LogP contribution in [0.4, 0.5) is 0 Å². The van der Waals surface area contributed by atoms with Crippen LogP contribution in [0.1, 0.15) is 49.7 Å². The molecule has 3 heterocycles. The van der Waals surface area contributed by atoms with Crippen LogP contribution in [0.3, 0.4) is 0 Å². The van der Waals surface area contributed by atoms with Crippen LogP contribution in [0.5, 0.6) is 0 Å². The Labute approximate surface area is 180 Å². The third-order valence-corrected chi connectivity index (χ3v) is 5.81. The standard InChI is InChI=1S/C26H25N3O2/c1-15-25(29-14-16(12-26(2,3)4)9-10-22(29)28-15)24-21(31)11-20(30)23(24)18-13-27-19-8-6-5-7-17(18)19/h5-10,13-14,27H,11-12H2,1-4H3. The smallest absolute Gasteiger partial charge is 0.173 e. The highest BCUT2D eigenvalue weighted by molar-refractivity contribution is 6.51. The lowest BCUT2D eigenvalue weighted by Crippen LogP contribution is -2.10. The molecule has 4 aromatic rings. The van der Waals surface area contributed by atoms with Gasteiger partial charge in [-0.3, -0.25) is 14.0 Å². The van der Waals surface area contributed by atoms with Gasteiger partial charge in [0.1, 0.15) is 5.65 Å². The van der Waals surface area contributed by atoms with E-state index in [4.69, 9.17) is 4.98 Å². The fourth-order valence-electron chi connectivity index (χ4n) is 4.64. The summed E-state index contributed by atoms with van der Waals surface area (Å²) in [6, 6.07) is 11.9. The van der Waals surface area contributed by atoms with E-state index in [2.05, 4.69) is 38.0 Å². The number of allylic oxidation sites excluding steroid dienone is 2. The summed E-state index contributed by atoms with van der Waals surface area (Å²) in [5.41, 5.74) is 6.26. The van der Waals surface area contributed by atoms with E-state index in [9.17, 15) is 9.59 Å². The predicted octanol–water partition coefficient (Wildman–Crippen LogP) is 5.17. The first-order valence-electron chi connectivity index (χ1n) is 10.6. The van der Waals surface area contributed by atoms with E-state index in [1.54, 1.807) is 0 Å². The monoisotopic (exact) mass is 411 g/mol. The number of pyridine rings is 1. The summed E-state index contributed by atoms with van der Waals surface area (Å²) in [5.74, 6) is -0.277. The highest BCUT2D eigenvalue weighted by Crippen LogP contribution is 2.39. The quantitative estimate of drug-likeness (QED) is 0.473. The molecule has 1 aliphatic rings. The molecule has 0 bridgehead atoms. The van der Waals surface area contributed by atoms with Crippen LogP contribution in [0, 0.1) is 12.3 Å². The minimum atomic E-state index is -0.142. The zero-order valence-electron chi connectivity index (χ0n) is 18.2. The van der Waals surface area contributed by atoms with E-state index >= 15 is 0 Å². The van der Waals surface area contributed by atoms with E-state index in [-0.39, 0.29) is 23.4 Å². The number of aromatic amines is 1. The zero-order valence-corrected chi connectivity index (χ0v) is 18.2. The van der Waals surface area contributed by atoms with Gasteiger partial charge in [0, 0.05) is 34.4 Å². The molecular formula is C26H25N3O2. The van der Waals surface area contributed by atoms with Crippen LogP contribution in [-0.2, 0) is 16.0 Å². The van der Waals surface area contributed by atoms with Gasteiger partial charge < -0.3 is 4.98 Å². The molecule has 0 amide bonds. The molecule has 0 unspecified atom stereocenters. The topological polar surface area (TPSA) is 67.2 Å². The van der Waals surface area contributed by atoms with Gasteiger partial charge in [0.05, 0.1) is 23.4 Å². The number of Topliss-reactive ketones (excluding diaryl/α,β-unsaturated/α-hetero) is 2. The van der Waals surface area contributed by atoms with Crippen molar-refractivity contribution < 1.29 is 9.59 Å². The summed E-state index contributed by atoms with van der Waals surface area (Å²) in [6.45, 7) is 8.51. The van der Waals surface area contributed by atoms with E-state index in [1.165, 1.54) is 5.56 Å². The van der Waals surface area contributed by atoms with Gasteiger partial charge in [-0.05, 0) is 36.5 Å². The first kappa shape index (κ1) is 19.5. The Morgan fingerprint density at radius 2 is 1.77 bits per heavy atom. The lowest BCUT2D eigenvalue weighted by atomic mass is 9.89. The number of fused-ring (bicyclic) bond motifs is 2. The highest BCUT2D eigenvalue weighted by atomic mass is 16.2. The third-order valence-electron chi connectivity index (χ3n) is 5.81. The number of ketones is 2. The molecular weight excluding hydrogens is 386 g/mol. The lowest BCUT2D eigenvalue weighted by Gasteiger charge is -2.18. The van der Waals surface area contributed by atoms with E-state index in [0.29, 0.717) is 11.1 Å². The molecule has 0 atom stereocenters. The Bertz CT molecular complexity index is 1410. The van der Waals surface area contributed by atoms with Crippen LogP contribution in [0.25, 0.3) is 27.7 Å². The van der Waals surface area contributed by atoms with Gasteiger partial charge in [0.25, 0.3) is 0 Å². The first-order valence-corrected chi connectivity index (χ1v) is 10.6. The number of rotatable bonds is 3. The minimum absolute atomic E-state index is 0.0987. The van der Waals surface area contributed by atoms with Gasteiger partial charge in [0.15, 0.2) is 11.6 Å². The average molecular weight is 412 g/mol. The molecule has 0 radical (unpaired) electrons. The molecule has 31 heavy (non-hydrogen) atoms. The van der Waals surface area contributed by atoms with Crippen LogP contribution in [-0.4, -0.2) is 25.9 Å². The van der Waals surface area contributed by atoms with Crippen LogP contribution < -0.4 is 0 Å². The Morgan fingerprint density at radius 1 is 1.03 bits per heavy atom. The Balaban J connectivity index is 1.79. The predicted molar refractivity (Wildman–Crippen MR) is 123 cm³/mol. The van der Waals surface area contributed by atoms with Crippen molar-refractivity contribution in [2.75, 3.05) is 0 Å². The van der Waals surface area contributed by atoms with Crippen molar-refractivity contribution in [3.05, 3.63) is 71.3 Å². The zero-order chi connectivity index (χ0) is 21.9. The fourth-order valence-corrected chi connectivity index (χ4v) is 4.64. The number of benzene rings is 1. The second kappa shape index (κ2) is 6.77. The molecule has 0 spiro atoms. The Hall–Kier alpha value is -3.47. The van der Waals surface area contributed by atoms with Crippen LogP contribution in [0.15, 0.2) is 48.8 Å². The maximum absolute atomic E-state index is 13.1. The minimum Gasteiger partial charge on any atom is -0.361 e. The van der Waals surface area contributed by atoms with Crippen LogP contribution >= 0.6 is 0 Å². The largest absolute Gasteiger partial charge is 0.361 e. The summed E-state index contributed by atoms with van der Waals surface area (Å²) in [7, 11) is 0. The number of hydrogen-bond acceptors (Lipinski definition) is 3. The van der Waals surface area contributed by atoms with E-state index in [1.807, 2.05) is 47.9 Å². The molecule has 0 aliphatic heterocycles. The number of imidazole rings is 1. The molecule has 0 fully saturated rings. The van der Waals surface area contributed by atoms with Crippen LogP contribution in [0.2, 0.25) is 0 Å². The number of para-hydroxylation sites is 1. The van der Waals surface area contributed by atoms with Crippen molar-refractivity contribution in [3.63, 3.8) is 0 Å². The van der Waals surface area contributed by atoms with Crippen molar-refractivity contribution in [1.29, 1.82) is 0 Å². The number of nitrogens with zero attached hydrogens (tertiary/aromatic N) is 2. The number of aryl methyl sites for hydroxylation is 1. The van der Waals surface area contributed by atoms with Crippen molar-refractivity contribution in [2.45, 2.75) is 40.5 Å². The van der Waals surface area contributed by atoms with Gasteiger partial charge in [-0.1, -0.05) is 45.0 Å². The van der Waals surface area contributed by atoms with Gasteiger partial charge in [-0.25, -0.2) is 4.98 Å². The Kier molecular flexibility index (Phi) is 4.26. The molecule has 0 saturated carbocycles. The average Bonchev–Trinajstić information content (AvgIpc) is 3.33. The molecule has 5 nitrogen and oxygen atoms in total.